The number of carbonyl (C=O) groups excluding carboxylic acids is 1. The van der Waals surface area contributed by atoms with Crippen LogP contribution in [0.25, 0.3) is 0 Å². The number of para-hydroxylation sites is 2. The van der Waals surface area contributed by atoms with Crippen molar-refractivity contribution in [3.8, 4) is 11.5 Å². The molecule has 2 rings (SSSR count). The minimum Gasteiger partial charge on any atom is -0.454 e. The van der Waals surface area contributed by atoms with E-state index in [-0.39, 0.29) is 0 Å². The normalized spacial score (nSPS) is 11.6. The minimum absolute atomic E-state index is 0.360. The first-order valence-corrected chi connectivity index (χ1v) is 3.10. The first kappa shape index (κ1) is 7.60. The molecule has 3 nitrogen and oxygen atoms in total. The van der Waals surface area contributed by atoms with Crippen molar-refractivity contribution in [3.63, 3.8) is 0 Å². The Labute approximate surface area is 64.5 Å². The van der Waals surface area contributed by atoms with Gasteiger partial charge in [0.2, 0.25) is 6.79 Å². The highest BCUT2D eigenvalue weighted by molar-refractivity contribution is 5.40. The third-order valence-electron chi connectivity index (χ3n) is 1.28. The van der Waals surface area contributed by atoms with Gasteiger partial charge in [0.25, 0.3) is 0 Å². The molecule has 1 aromatic rings. The lowest BCUT2D eigenvalue weighted by Gasteiger charge is -1.89. The Hall–Kier alpha value is -1.51. The van der Waals surface area contributed by atoms with Gasteiger partial charge in [-0.15, -0.1) is 0 Å². The van der Waals surface area contributed by atoms with Crippen molar-refractivity contribution < 1.29 is 14.3 Å². The molecule has 0 amide bonds. The van der Waals surface area contributed by atoms with Crippen molar-refractivity contribution >= 4 is 6.79 Å². The Morgan fingerprint density at radius 2 is 1.55 bits per heavy atom. The maximum Gasteiger partial charge on any atom is 0.231 e. The molecule has 0 saturated carbocycles. The summed E-state index contributed by atoms with van der Waals surface area (Å²) in [6.07, 6.45) is 0. The zero-order valence-corrected chi connectivity index (χ0v) is 5.95. The standard InChI is InChI=1S/C7H6O2.CH2O/c1-2-4-7-6(3-1)8-5-9-7;1-2/h1-4H,5H2;1H2. The van der Waals surface area contributed by atoms with Crippen LogP contribution >= 0.6 is 0 Å². The van der Waals surface area contributed by atoms with Crippen LogP contribution in [0.4, 0.5) is 0 Å². The Morgan fingerprint density at radius 1 is 1.09 bits per heavy atom. The van der Waals surface area contributed by atoms with Crippen LogP contribution in [-0.2, 0) is 4.79 Å². The van der Waals surface area contributed by atoms with E-state index in [9.17, 15) is 0 Å². The quantitative estimate of drug-likeness (QED) is 0.560. The van der Waals surface area contributed by atoms with Crippen LogP contribution in [0.2, 0.25) is 0 Å². The van der Waals surface area contributed by atoms with E-state index < -0.39 is 0 Å². The van der Waals surface area contributed by atoms with Crippen molar-refractivity contribution in [1.29, 1.82) is 0 Å². The van der Waals surface area contributed by atoms with Crippen molar-refractivity contribution in [2.75, 3.05) is 6.79 Å². The number of hydrogen-bond acceptors (Lipinski definition) is 3. The van der Waals surface area contributed by atoms with E-state index in [1.807, 2.05) is 31.1 Å². The molecule has 0 saturated heterocycles. The molecule has 0 bridgehead atoms. The lowest BCUT2D eigenvalue weighted by molar-refractivity contribution is -0.0979. The van der Waals surface area contributed by atoms with Crippen molar-refractivity contribution in [3.05, 3.63) is 24.3 Å². The molecule has 11 heavy (non-hydrogen) atoms. The SMILES string of the molecule is C=O.c1ccc2c(c1)OCO2. The molecule has 1 aliphatic heterocycles. The summed E-state index contributed by atoms with van der Waals surface area (Å²) >= 11 is 0. The number of rotatable bonds is 0. The summed E-state index contributed by atoms with van der Waals surface area (Å²) in [4.78, 5) is 8.00. The van der Waals surface area contributed by atoms with Crippen LogP contribution in [-0.4, -0.2) is 13.6 Å². The van der Waals surface area contributed by atoms with Crippen molar-refractivity contribution in [1.82, 2.24) is 0 Å². The highest BCUT2D eigenvalue weighted by Crippen LogP contribution is 2.30. The van der Waals surface area contributed by atoms with Crippen molar-refractivity contribution in [2.24, 2.45) is 0 Å². The fourth-order valence-corrected chi connectivity index (χ4v) is 0.845. The molecular formula is C8H8O3. The second kappa shape index (κ2) is 3.61. The summed E-state index contributed by atoms with van der Waals surface area (Å²) in [6.45, 7) is 2.36. The molecular weight excluding hydrogens is 144 g/mol. The van der Waals surface area contributed by atoms with Gasteiger partial charge in [-0.25, -0.2) is 0 Å². The van der Waals surface area contributed by atoms with E-state index >= 15 is 0 Å². The van der Waals surface area contributed by atoms with Gasteiger partial charge in [0, 0.05) is 0 Å². The van der Waals surface area contributed by atoms with Crippen LogP contribution in [0, 0.1) is 0 Å². The van der Waals surface area contributed by atoms with Gasteiger partial charge in [-0.2, -0.15) is 0 Å². The van der Waals surface area contributed by atoms with Gasteiger partial charge in [-0.05, 0) is 12.1 Å². The van der Waals surface area contributed by atoms with Gasteiger partial charge in [0.05, 0.1) is 0 Å². The van der Waals surface area contributed by atoms with E-state index in [0.717, 1.165) is 11.5 Å². The summed E-state index contributed by atoms with van der Waals surface area (Å²) in [5.74, 6) is 1.69. The molecule has 0 aromatic heterocycles. The fourth-order valence-electron chi connectivity index (χ4n) is 0.845. The zero-order valence-electron chi connectivity index (χ0n) is 5.95. The Balaban J connectivity index is 0.000000281. The predicted molar refractivity (Wildman–Crippen MR) is 39.7 cm³/mol. The Kier molecular flexibility index (Phi) is 2.49. The molecule has 0 spiro atoms. The summed E-state index contributed by atoms with van der Waals surface area (Å²) in [5, 5.41) is 0. The fraction of sp³-hybridized carbons (Fsp3) is 0.125. The lowest BCUT2D eigenvalue weighted by atomic mass is 10.3. The van der Waals surface area contributed by atoms with Gasteiger partial charge < -0.3 is 14.3 Å². The maximum atomic E-state index is 8.00. The van der Waals surface area contributed by atoms with E-state index in [2.05, 4.69) is 0 Å². The maximum absolute atomic E-state index is 8.00. The number of hydrogen-bond donors (Lipinski definition) is 0. The van der Waals surface area contributed by atoms with Crippen LogP contribution in [0.3, 0.4) is 0 Å². The highest BCUT2D eigenvalue weighted by Gasteiger charge is 2.09. The minimum atomic E-state index is 0.360. The predicted octanol–water partition coefficient (Wildman–Crippen LogP) is 1.23. The Bertz CT molecular complexity index is 212. The van der Waals surface area contributed by atoms with Gasteiger partial charge in [-0.1, -0.05) is 12.1 Å². The molecule has 1 heterocycles. The molecule has 3 heteroatoms. The average Bonchev–Trinajstić information content (AvgIpc) is 2.55. The number of ether oxygens (including phenoxy) is 2. The molecule has 0 N–H and O–H groups in total. The first-order chi connectivity index (χ1) is 5.47. The largest absolute Gasteiger partial charge is 0.454 e. The van der Waals surface area contributed by atoms with Gasteiger partial charge in [0.1, 0.15) is 6.79 Å². The molecule has 1 aliphatic rings. The topological polar surface area (TPSA) is 35.5 Å². The summed E-state index contributed by atoms with van der Waals surface area (Å²) in [7, 11) is 0. The monoisotopic (exact) mass is 152 g/mol. The van der Waals surface area contributed by atoms with Gasteiger partial charge in [0.15, 0.2) is 11.5 Å². The van der Waals surface area contributed by atoms with E-state index in [1.54, 1.807) is 0 Å². The third kappa shape index (κ3) is 1.49. The number of carbonyl (C=O) groups is 1. The van der Waals surface area contributed by atoms with Crippen LogP contribution in [0.1, 0.15) is 0 Å². The molecule has 1 aromatic carbocycles. The summed E-state index contributed by atoms with van der Waals surface area (Å²) in [6, 6.07) is 7.63. The van der Waals surface area contributed by atoms with E-state index in [4.69, 9.17) is 14.3 Å². The molecule has 0 atom stereocenters. The van der Waals surface area contributed by atoms with Gasteiger partial charge in [-0.3, -0.25) is 0 Å². The second-order valence-electron chi connectivity index (χ2n) is 1.85. The second-order valence-corrected chi connectivity index (χ2v) is 1.85. The molecule has 0 unspecified atom stereocenters. The van der Waals surface area contributed by atoms with E-state index in [1.165, 1.54) is 0 Å². The van der Waals surface area contributed by atoms with Gasteiger partial charge >= 0.3 is 0 Å². The molecule has 0 radical (unpaired) electrons. The number of fused-ring (bicyclic) bond motifs is 1. The molecule has 0 aliphatic carbocycles. The summed E-state index contributed by atoms with van der Waals surface area (Å²) in [5.41, 5.74) is 0. The zero-order chi connectivity index (χ0) is 8.10. The first-order valence-electron chi connectivity index (χ1n) is 3.10. The third-order valence-corrected chi connectivity index (χ3v) is 1.28. The van der Waals surface area contributed by atoms with Crippen LogP contribution in [0.15, 0.2) is 24.3 Å². The number of benzene rings is 1. The smallest absolute Gasteiger partial charge is 0.231 e. The molecule has 0 fully saturated rings. The Morgan fingerprint density at radius 3 is 2.00 bits per heavy atom. The average molecular weight is 152 g/mol. The van der Waals surface area contributed by atoms with Crippen LogP contribution in [0.5, 0.6) is 11.5 Å². The van der Waals surface area contributed by atoms with Crippen LogP contribution < -0.4 is 9.47 Å². The van der Waals surface area contributed by atoms with E-state index in [0.29, 0.717) is 6.79 Å². The summed E-state index contributed by atoms with van der Waals surface area (Å²) < 4.78 is 10.2. The lowest BCUT2D eigenvalue weighted by Crippen LogP contribution is -1.92. The van der Waals surface area contributed by atoms with Crippen molar-refractivity contribution in [2.45, 2.75) is 0 Å². The molecule has 58 valence electrons. The highest BCUT2D eigenvalue weighted by atomic mass is 16.7.